The molecule has 1 saturated heterocycles. The van der Waals surface area contributed by atoms with Crippen LogP contribution in [0.1, 0.15) is 5.56 Å². The van der Waals surface area contributed by atoms with Crippen molar-refractivity contribution in [2.24, 2.45) is 0 Å². The van der Waals surface area contributed by atoms with Crippen molar-refractivity contribution in [1.82, 2.24) is 14.1 Å². The highest BCUT2D eigenvalue weighted by atomic mass is 127. The van der Waals surface area contributed by atoms with Crippen LogP contribution in [-0.4, -0.2) is 69.0 Å². The molecule has 0 atom stereocenters. The highest BCUT2D eigenvalue weighted by molar-refractivity contribution is 14.1. The Kier molecular flexibility index (Phi) is 8.88. The fraction of sp³-hybridized carbons (Fsp3) is 0.333. The maximum Gasteiger partial charge on any atom is 0.316 e. The number of sulfonamides is 1. The molecular formula is C24H26ClIN4O5S. The van der Waals surface area contributed by atoms with Crippen LogP contribution in [0.5, 0.6) is 5.75 Å². The number of piperazine rings is 1. The number of anilines is 1. The molecule has 0 radical (unpaired) electrons. The number of methoxy groups -OCH3 is 1. The molecule has 0 spiro atoms. The lowest BCUT2D eigenvalue weighted by molar-refractivity contribution is 0.145. The monoisotopic (exact) mass is 644 g/mol. The van der Waals surface area contributed by atoms with Crippen LogP contribution in [0.3, 0.4) is 0 Å². The number of halogens is 2. The zero-order valence-corrected chi connectivity index (χ0v) is 23.4. The van der Waals surface area contributed by atoms with E-state index in [1.54, 1.807) is 37.6 Å². The minimum atomic E-state index is -3.48. The molecule has 0 saturated carbocycles. The molecule has 9 nitrogen and oxygen atoms in total. The molecular weight excluding hydrogens is 619 g/mol. The van der Waals surface area contributed by atoms with E-state index in [1.807, 2.05) is 29.2 Å². The normalized spacial score (nSPS) is 14.7. The largest absolute Gasteiger partial charge is 0.484 e. The zero-order chi connectivity index (χ0) is 25.7. The third kappa shape index (κ3) is 6.38. The number of aromatic nitrogens is 2. The average molecular weight is 645 g/mol. The Morgan fingerprint density at radius 3 is 2.44 bits per heavy atom. The minimum Gasteiger partial charge on any atom is -0.484 e. The summed E-state index contributed by atoms with van der Waals surface area (Å²) >= 11 is 8.29. The van der Waals surface area contributed by atoms with Crippen LogP contribution in [0.15, 0.2) is 59.5 Å². The first kappa shape index (κ1) is 26.9. The van der Waals surface area contributed by atoms with Crippen molar-refractivity contribution in [3.63, 3.8) is 0 Å². The van der Waals surface area contributed by atoms with E-state index in [-0.39, 0.29) is 18.1 Å². The molecule has 0 bridgehead atoms. The van der Waals surface area contributed by atoms with Crippen molar-refractivity contribution in [2.75, 3.05) is 51.4 Å². The second-order valence-electron chi connectivity index (χ2n) is 8.17. The van der Waals surface area contributed by atoms with Gasteiger partial charge in [0, 0.05) is 41.9 Å². The van der Waals surface area contributed by atoms with Gasteiger partial charge in [-0.2, -0.15) is 14.1 Å². The van der Waals surface area contributed by atoms with Crippen LogP contribution in [0.2, 0.25) is 5.02 Å². The van der Waals surface area contributed by atoms with Crippen LogP contribution < -0.4 is 15.2 Å². The molecule has 192 valence electrons. The molecule has 2 aromatic carbocycles. The molecule has 2 heterocycles. The Balaban J connectivity index is 1.54. The van der Waals surface area contributed by atoms with Crippen LogP contribution in [0, 0.1) is 3.57 Å². The van der Waals surface area contributed by atoms with E-state index in [2.05, 4.69) is 27.7 Å². The van der Waals surface area contributed by atoms with Crippen molar-refractivity contribution in [3.05, 3.63) is 79.2 Å². The summed E-state index contributed by atoms with van der Waals surface area (Å²) in [6.45, 7) is 1.87. The maximum absolute atomic E-state index is 13.3. The van der Waals surface area contributed by atoms with Crippen molar-refractivity contribution in [3.8, 4) is 11.4 Å². The molecule has 0 unspecified atom stereocenters. The van der Waals surface area contributed by atoms with E-state index >= 15 is 0 Å². The van der Waals surface area contributed by atoms with Crippen LogP contribution in [-0.2, 0) is 20.5 Å². The SMILES string of the molecule is COCCOc1c(N2CCN(S(=O)(=O)Cc3ccc(I)cc3)CC2)cnn(-c2cccc(Cl)c2)c1=O. The summed E-state index contributed by atoms with van der Waals surface area (Å²) in [5, 5.41) is 4.83. The fourth-order valence-electron chi connectivity index (χ4n) is 3.90. The van der Waals surface area contributed by atoms with Gasteiger partial charge in [0.15, 0.2) is 0 Å². The van der Waals surface area contributed by atoms with Crippen LogP contribution in [0.25, 0.3) is 5.69 Å². The first-order chi connectivity index (χ1) is 17.3. The van der Waals surface area contributed by atoms with Gasteiger partial charge in [-0.15, -0.1) is 0 Å². The molecule has 0 aliphatic carbocycles. The van der Waals surface area contributed by atoms with Gasteiger partial charge in [0.2, 0.25) is 15.8 Å². The lowest BCUT2D eigenvalue weighted by Crippen LogP contribution is -2.49. The molecule has 0 amide bonds. The number of hydrogen-bond acceptors (Lipinski definition) is 7. The number of ether oxygens (including phenoxy) is 2. The van der Waals surface area contributed by atoms with E-state index < -0.39 is 15.6 Å². The van der Waals surface area contributed by atoms with Gasteiger partial charge in [-0.05, 0) is 58.5 Å². The molecule has 3 aromatic rings. The van der Waals surface area contributed by atoms with Crippen molar-refractivity contribution in [1.29, 1.82) is 0 Å². The van der Waals surface area contributed by atoms with Gasteiger partial charge in [0.25, 0.3) is 0 Å². The topological polar surface area (TPSA) is 94.0 Å². The Hall–Kier alpha value is -2.19. The van der Waals surface area contributed by atoms with Crippen LogP contribution in [0.4, 0.5) is 5.69 Å². The lowest BCUT2D eigenvalue weighted by atomic mass is 10.2. The smallest absolute Gasteiger partial charge is 0.316 e. The summed E-state index contributed by atoms with van der Waals surface area (Å²) in [6, 6.07) is 14.3. The predicted octanol–water partition coefficient (Wildman–Crippen LogP) is 3.17. The molecule has 1 aromatic heterocycles. The maximum atomic E-state index is 13.3. The highest BCUT2D eigenvalue weighted by Crippen LogP contribution is 2.27. The molecule has 0 N–H and O–H groups in total. The van der Waals surface area contributed by atoms with Gasteiger partial charge in [-0.1, -0.05) is 29.8 Å². The van der Waals surface area contributed by atoms with Gasteiger partial charge in [0.1, 0.15) is 12.3 Å². The highest BCUT2D eigenvalue weighted by Gasteiger charge is 2.29. The lowest BCUT2D eigenvalue weighted by Gasteiger charge is -2.35. The molecule has 1 fully saturated rings. The van der Waals surface area contributed by atoms with E-state index in [0.717, 1.165) is 9.13 Å². The second-order valence-corrected chi connectivity index (χ2v) is 11.8. The second kappa shape index (κ2) is 11.9. The van der Waals surface area contributed by atoms with Crippen molar-refractivity contribution >= 4 is 49.9 Å². The average Bonchev–Trinajstić information content (AvgIpc) is 2.86. The zero-order valence-electron chi connectivity index (χ0n) is 19.6. The molecule has 1 aliphatic heterocycles. The number of rotatable bonds is 9. The minimum absolute atomic E-state index is 0.0491. The predicted molar refractivity (Wildman–Crippen MR) is 148 cm³/mol. The van der Waals surface area contributed by atoms with Gasteiger partial charge >= 0.3 is 5.56 Å². The first-order valence-corrected chi connectivity index (χ1v) is 14.3. The van der Waals surface area contributed by atoms with Gasteiger partial charge < -0.3 is 14.4 Å². The van der Waals surface area contributed by atoms with Crippen molar-refractivity contribution < 1.29 is 17.9 Å². The van der Waals surface area contributed by atoms with E-state index in [4.69, 9.17) is 21.1 Å². The van der Waals surface area contributed by atoms with Crippen molar-refractivity contribution in [2.45, 2.75) is 5.75 Å². The van der Waals surface area contributed by atoms with Crippen LogP contribution >= 0.6 is 34.2 Å². The Morgan fingerprint density at radius 1 is 1.06 bits per heavy atom. The van der Waals surface area contributed by atoms with E-state index in [9.17, 15) is 13.2 Å². The standard InChI is InChI=1S/C24H26ClIN4O5S/c1-34-13-14-35-23-22(16-27-30(24(23)31)21-4-2-3-19(25)15-21)28-9-11-29(12-10-28)36(32,33)17-18-5-7-20(26)8-6-18/h2-8,15-16H,9-14,17H2,1H3. The Morgan fingerprint density at radius 2 is 1.78 bits per heavy atom. The Bertz CT molecular complexity index is 1360. The number of nitrogens with zero attached hydrogens (tertiary/aromatic N) is 4. The van der Waals surface area contributed by atoms with E-state index in [0.29, 0.717) is 49.2 Å². The third-order valence-corrected chi connectivity index (χ3v) is 8.54. The summed E-state index contributed by atoms with van der Waals surface area (Å²) < 4.78 is 40.7. The molecule has 1 aliphatic rings. The third-order valence-electron chi connectivity index (χ3n) is 5.74. The van der Waals surface area contributed by atoms with E-state index in [1.165, 1.54) is 8.99 Å². The quantitative estimate of drug-likeness (QED) is 0.261. The van der Waals surface area contributed by atoms with Gasteiger partial charge in [-0.3, -0.25) is 4.79 Å². The summed E-state index contributed by atoms with van der Waals surface area (Å²) in [5.74, 6) is 0.0872. The number of benzene rings is 2. The fourth-order valence-corrected chi connectivity index (χ4v) is 5.96. The summed E-state index contributed by atoms with van der Waals surface area (Å²) in [4.78, 5) is 15.3. The molecule has 4 rings (SSSR count). The molecule has 12 heteroatoms. The Labute approximate surface area is 228 Å². The van der Waals surface area contributed by atoms with Gasteiger partial charge in [-0.25, -0.2) is 8.42 Å². The summed E-state index contributed by atoms with van der Waals surface area (Å²) in [7, 11) is -1.92. The number of hydrogen-bond donors (Lipinski definition) is 0. The first-order valence-electron chi connectivity index (χ1n) is 11.3. The van der Waals surface area contributed by atoms with Gasteiger partial charge in [0.05, 0.1) is 24.2 Å². The molecule has 36 heavy (non-hydrogen) atoms. The summed E-state index contributed by atoms with van der Waals surface area (Å²) in [5.41, 5.74) is 1.35. The summed E-state index contributed by atoms with van der Waals surface area (Å²) in [6.07, 6.45) is 1.57.